The minimum Gasteiger partial charge on any atom is -0.478 e. The molecule has 0 spiro atoms. The Morgan fingerprint density at radius 2 is 2.06 bits per heavy atom. The molecule has 0 aliphatic heterocycles. The molecule has 1 aromatic heterocycles. The maximum atomic E-state index is 11.1. The SMILES string of the molecule is CC1CCC(Nc2nc(Cl)ccc2C(=O)O)CC1. The van der Waals surface area contributed by atoms with Gasteiger partial charge in [-0.15, -0.1) is 0 Å². The second-order valence-electron chi connectivity index (χ2n) is 4.94. The molecule has 2 N–H and O–H groups in total. The van der Waals surface area contributed by atoms with E-state index in [9.17, 15) is 4.79 Å². The maximum absolute atomic E-state index is 11.1. The van der Waals surface area contributed by atoms with E-state index in [1.165, 1.54) is 25.0 Å². The van der Waals surface area contributed by atoms with Gasteiger partial charge in [0.25, 0.3) is 0 Å². The fourth-order valence-corrected chi connectivity index (χ4v) is 2.46. The van der Waals surface area contributed by atoms with Crippen molar-refractivity contribution in [2.24, 2.45) is 5.92 Å². The van der Waals surface area contributed by atoms with Gasteiger partial charge in [-0.3, -0.25) is 0 Å². The van der Waals surface area contributed by atoms with Crippen molar-refractivity contribution in [3.05, 3.63) is 22.8 Å². The summed E-state index contributed by atoms with van der Waals surface area (Å²) in [4.78, 5) is 15.2. The quantitative estimate of drug-likeness (QED) is 0.825. The number of hydrogen-bond donors (Lipinski definition) is 2. The first-order valence-corrected chi connectivity index (χ1v) is 6.60. The highest BCUT2D eigenvalue weighted by Gasteiger charge is 2.20. The molecule has 1 aromatic rings. The fourth-order valence-electron chi connectivity index (χ4n) is 2.32. The Labute approximate surface area is 111 Å². The molecule has 18 heavy (non-hydrogen) atoms. The van der Waals surface area contributed by atoms with Gasteiger partial charge in [-0.1, -0.05) is 18.5 Å². The zero-order chi connectivity index (χ0) is 13.1. The third kappa shape index (κ3) is 3.13. The van der Waals surface area contributed by atoms with E-state index in [1.54, 1.807) is 0 Å². The molecule has 98 valence electrons. The summed E-state index contributed by atoms with van der Waals surface area (Å²) in [6, 6.07) is 3.29. The van der Waals surface area contributed by atoms with Gasteiger partial charge >= 0.3 is 5.97 Å². The molecular weight excluding hydrogens is 252 g/mol. The van der Waals surface area contributed by atoms with Gasteiger partial charge < -0.3 is 10.4 Å². The second kappa shape index (κ2) is 5.57. The number of hydrogen-bond acceptors (Lipinski definition) is 3. The van der Waals surface area contributed by atoms with Gasteiger partial charge in [0.1, 0.15) is 16.5 Å². The Hall–Kier alpha value is -1.29. The second-order valence-corrected chi connectivity index (χ2v) is 5.32. The molecule has 1 heterocycles. The van der Waals surface area contributed by atoms with Gasteiger partial charge in [0.05, 0.1) is 0 Å². The van der Waals surface area contributed by atoms with Crippen LogP contribution in [-0.2, 0) is 0 Å². The number of aromatic carboxylic acids is 1. The van der Waals surface area contributed by atoms with E-state index < -0.39 is 5.97 Å². The van der Waals surface area contributed by atoms with Crippen LogP contribution < -0.4 is 5.32 Å². The molecule has 1 saturated carbocycles. The predicted octanol–water partition coefficient (Wildman–Crippen LogP) is 3.42. The van der Waals surface area contributed by atoms with Gasteiger partial charge in [-0.25, -0.2) is 9.78 Å². The zero-order valence-corrected chi connectivity index (χ0v) is 11.1. The summed E-state index contributed by atoms with van der Waals surface area (Å²) >= 11 is 5.82. The van der Waals surface area contributed by atoms with E-state index in [0.29, 0.717) is 17.0 Å². The van der Waals surface area contributed by atoms with E-state index in [4.69, 9.17) is 16.7 Å². The van der Waals surface area contributed by atoms with Crippen LogP contribution in [0.4, 0.5) is 5.82 Å². The molecule has 0 bridgehead atoms. The molecule has 4 nitrogen and oxygen atoms in total. The van der Waals surface area contributed by atoms with Crippen LogP contribution >= 0.6 is 11.6 Å². The summed E-state index contributed by atoms with van der Waals surface area (Å²) in [7, 11) is 0. The summed E-state index contributed by atoms with van der Waals surface area (Å²) in [5, 5.41) is 12.6. The van der Waals surface area contributed by atoms with Gasteiger partial charge in [0, 0.05) is 6.04 Å². The lowest BCUT2D eigenvalue weighted by Gasteiger charge is -2.27. The molecule has 0 amide bonds. The van der Waals surface area contributed by atoms with Crippen molar-refractivity contribution in [3.8, 4) is 0 Å². The van der Waals surface area contributed by atoms with Crippen molar-refractivity contribution in [1.82, 2.24) is 4.98 Å². The lowest BCUT2D eigenvalue weighted by atomic mass is 9.87. The molecule has 2 rings (SSSR count). The Morgan fingerprint density at radius 3 is 2.67 bits per heavy atom. The van der Waals surface area contributed by atoms with Crippen molar-refractivity contribution in [3.63, 3.8) is 0 Å². The lowest BCUT2D eigenvalue weighted by molar-refractivity contribution is 0.0697. The van der Waals surface area contributed by atoms with E-state index in [1.807, 2.05) is 0 Å². The fraction of sp³-hybridized carbons (Fsp3) is 0.538. The van der Waals surface area contributed by atoms with Crippen LogP contribution in [0.3, 0.4) is 0 Å². The smallest absolute Gasteiger partial charge is 0.339 e. The molecule has 0 unspecified atom stereocenters. The van der Waals surface area contributed by atoms with Crippen molar-refractivity contribution >= 4 is 23.4 Å². The lowest BCUT2D eigenvalue weighted by Crippen LogP contribution is -2.26. The van der Waals surface area contributed by atoms with E-state index in [-0.39, 0.29) is 5.56 Å². The molecule has 0 aromatic carbocycles. The van der Waals surface area contributed by atoms with Crippen LogP contribution in [0.5, 0.6) is 0 Å². The van der Waals surface area contributed by atoms with Crippen molar-refractivity contribution in [1.29, 1.82) is 0 Å². The number of anilines is 1. The molecular formula is C13H17ClN2O2. The molecule has 5 heteroatoms. The summed E-state index contributed by atoms with van der Waals surface area (Å²) < 4.78 is 0. The highest BCUT2D eigenvalue weighted by atomic mass is 35.5. The van der Waals surface area contributed by atoms with E-state index in [2.05, 4.69) is 17.2 Å². The molecule has 0 atom stereocenters. The molecule has 1 aliphatic carbocycles. The van der Waals surface area contributed by atoms with Crippen molar-refractivity contribution < 1.29 is 9.90 Å². The zero-order valence-electron chi connectivity index (χ0n) is 10.3. The number of halogens is 1. The van der Waals surface area contributed by atoms with Crippen LogP contribution in [0, 0.1) is 5.92 Å². The van der Waals surface area contributed by atoms with Gasteiger partial charge in [0.15, 0.2) is 0 Å². The standard InChI is InChI=1S/C13H17ClN2O2/c1-8-2-4-9(5-3-8)15-12-10(13(17)18)6-7-11(14)16-12/h6-9H,2-5H2,1H3,(H,15,16)(H,17,18). The summed E-state index contributed by atoms with van der Waals surface area (Å²) in [5.41, 5.74) is 0.179. The normalized spacial score (nSPS) is 23.7. The monoisotopic (exact) mass is 268 g/mol. The van der Waals surface area contributed by atoms with Crippen molar-refractivity contribution in [2.45, 2.75) is 38.6 Å². The molecule has 1 fully saturated rings. The first-order chi connectivity index (χ1) is 8.56. The van der Waals surface area contributed by atoms with Crippen LogP contribution in [0.25, 0.3) is 0 Å². The third-order valence-corrected chi connectivity index (χ3v) is 3.66. The first-order valence-electron chi connectivity index (χ1n) is 6.22. The van der Waals surface area contributed by atoms with Gasteiger partial charge in [-0.05, 0) is 43.7 Å². The third-order valence-electron chi connectivity index (χ3n) is 3.45. The first kappa shape index (κ1) is 13.1. The molecule has 0 radical (unpaired) electrons. The number of rotatable bonds is 3. The highest BCUT2D eigenvalue weighted by molar-refractivity contribution is 6.29. The van der Waals surface area contributed by atoms with E-state index in [0.717, 1.165) is 18.8 Å². The van der Waals surface area contributed by atoms with Crippen LogP contribution in [0.2, 0.25) is 5.15 Å². The van der Waals surface area contributed by atoms with Crippen molar-refractivity contribution in [2.75, 3.05) is 5.32 Å². The predicted molar refractivity (Wildman–Crippen MR) is 71.2 cm³/mol. The molecule has 1 aliphatic rings. The molecule has 0 saturated heterocycles. The minimum atomic E-state index is -0.981. The Kier molecular flexibility index (Phi) is 4.07. The summed E-state index contributed by atoms with van der Waals surface area (Å²) in [5.74, 6) is 0.162. The van der Waals surface area contributed by atoms with E-state index >= 15 is 0 Å². The van der Waals surface area contributed by atoms with Gasteiger partial charge in [0.2, 0.25) is 0 Å². The largest absolute Gasteiger partial charge is 0.478 e. The average molecular weight is 269 g/mol. The Bertz CT molecular complexity index is 443. The number of pyridine rings is 1. The maximum Gasteiger partial charge on any atom is 0.339 e. The van der Waals surface area contributed by atoms with Gasteiger partial charge in [-0.2, -0.15) is 0 Å². The average Bonchev–Trinajstić information content (AvgIpc) is 2.32. The number of nitrogens with zero attached hydrogens (tertiary/aromatic N) is 1. The summed E-state index contributed by atoms with van der Waals surface area (Å²) in [6.45, 7) is 2.25. The summed E-state index contributed by atoms with van der Waals surface area (Å²) in [6.07, 6.45) is 4.43. The van der Waals surface area contributed by atoms with Crippen LogP contribution in [0.1, 0.15) is 43.0 Å². The number of nitrogens with one attached hydrogen (secondary N) is 1. The Morgan fingerprint density at radius 1 is 1.39 bits per heavy atom. The van der Waals surface area contributed by atoms with Crippen LogP contribution in [0.15, 0.2) is 12.1 Å². The number of carbonyl (C=O) groups is 1. The topological polar surface area (TPSA) is 62.2 Å². The number of carboxylic acids is 1. The number of carboxylic acid groups (broad SMARTS) is 1. The minimum absolute atomic E-state index is 0.179. The highest BCUT2D eigenvalue weighted by Crippen LogP contribution is 2.27. The van der Waals surface area contributed by atoms with Crippen LogP contribution in [-0.4, -0.2) is 22.1 Å². The Balaban J connectivity index is 2.12. The number of aromatic nitrogens is 1.